The Morgan fingerprint density at radius 3 is 2.56 bits per heavy atom. The molecule has 0 aliphatic carbocycles. The van der Waals surface area contributed by atoms with Crippen molar-refractivity contribution in [1.29, 1.82) is 0 Å². The first-order valence-corrected chi connectivity index (χ1v) is 11.5. The van der Waals surface area contributed by atoms with Gasteiger partial charge in [0, 0.05) is 11.8 Å². The summed E-state index contributed by atoms with van der Waals surface area (Å²) in [6.45, 7) is 1.37. The molecule has 0 bridgehead atoms. The summed E-state index contributed by atoms with van der Waals surface area (Å²) >= 11 is 0. The summed E-state index contributed by atoms with van der Waals surface area (Å²) in [5, 5.41) is 0. The number of imidazole rings is 1. The van der Waals surface area contributed by atoms with Crippen LogP contribution in [0.25, 0.3) is 22.4 Å². The average molecular weight is 451 g/mol. The zero-order valence-corrected chi connectivity index (χ0v) is 18.2. The van der Waals surface area contributed by atoms with Gasteiger partial charge in [0.15, 0.2) is 0 Å². The van der Waals surface area contributed by atoms with Gasteiger partial charge in [0.25, 0.3) is 0 Å². The van der Waals surface area contributed by atoms with Crippen LogP contribution in [0, 0.1) is 0 Å². The van der Waals surface area contributed by atoms with Crippen LogP contribution in [0.2, 0.25) is 0 Å². The van der Waals surface area contributed by atoms with E-state index in [1.807, 2.05) is 30.3 Å². The van der Waals surface area contributed by atoms with Gasteiger partial charge in [-0.25, -0.2) is 13.4 Å². The number of hydrogen-bond acceptors (Lipinski definition) is 6. The van der Waals surface area contributed by atoms with E-state index in [1.54, 1.807) is 37.4 Å². The molecular formula is C23H22N4O4S. The van der Waals surface area contributed by atoms with Crippen molar-refractivity contribution in [2.45, 2.75) is 18.4 Å². The quantitative estimate of drug-likeness (QED) is 0.413. The Labute approximate surface area is 185 Å². The monoisotopic (exact) mass is 450 g/mol. The number of carbonyl (C=O) groups excluding carboxylic acids is 1. The lowest BCUT2D eigenvalue weighted by atomic mass is 10.2. The molecular weight excluding hydrogens is 428 g/mol. The Morgan fingerprint density at radius 2 is 1.84 bits per heavy atom. The molecule has 8 nitrogen and oxygen atoms in total. The van der Waals surface area contributed by atoms with Crippen LogP contribution < -0.4 is 0 Å². The molecule has 2 aromatic carbocycles. The summed E-state index contributed by atoms with van der Waals surface area (Å²) in [4.78, 5) is 24.1. The first-order chi connectivity index (χ1) is 15.5. The number of ether oxygens (including phenoxy) is 1. The van der Waals surface area contributed by atoms with Crippen LogP contribution in [0.1, 0.15) is 12.6 Å². The normalized spacial score (nSPS) is 11.7. The number of pyridine rings is 1. The fraction of sp³-hybridized carbons (Fsp3) is 0.174. The number of aromatic nitrogens is 3. The molecule has 9 heteroatoms. The molecule has 1 N–H and O–H groups in total. The van der Waals surface area contributed by atoms with E-state index in [9.17, 15) is 13.2 Å². The highest BCUT2D eigenvalue weighted by molar-refractivity contribution is 7.89. The summed E-state index contributed by atoms with van der Waals surface area (Å²) in [5.41, 5.74) is 2.64. The van der Waals surface area contributed by atoms with Crippen molar-refractivity contribution in [3.63, 3.8) is 0 Å². The van der Waals surface area contributed by atoms with Crippen LogP contribution >= 0.6 is 0 Å². The standard InChI is InChI=1S/C23H22N4O4S/c1-2-31-22(28)16-27(15-18-10-6-7-13-24-18)32(29,30)19-11-12-20-21(14-19)26-23(25-20)17-8-4-3-5-9-17/h3-14H,2,15-16H2,1H3,(H,25,26). The van der Waals surface area contributed by atoms with Crippen LogP contribution in [0.4, 0.5) is 0 Å². The SMILES string of the molecule is CCOC(=O)CN(Cc1ccccn1)S(=O)(=O)c1ccc2nc(-c3ccccc3)[nH]c2c1. The minimum Gasteiger partial charge on any atom is -0.465 e. The molecule has 2 aromatic heterocycles. The second-order valence-electron chi connectivity index (χ2n) is 7.03. The molecule has 0 saturated carbocycles. The van der Waals surface area contributed by atoms with Gasteiger partial charge >= 0.3 is 5.97 Å². The van der Waals surface area contributed by atoms with Gasteiger partial charge in [0.05, 0.1) is 34.8 Å². The number of nitrogens with zero attached hydrogens (tertiary/aromatic N) is 3. The number of hydrogen-bond donors (Lipinski definition) is 1. The number of benzene rings is 2. The molecule has 0 unspecified atom stereocenters. The summed E-state index contributed by atoms with van der Waals surface area (Å²) < 4.78 is 33.0. The van der Waals surface area contributed by atoms with Crippen molar-refractivity contribution < 1.29 is 17.9 Å². The summed E-state index contributed by atoms with van der Waals surface area (Å²) in [6.07, 6.45) is 1.58. The van der Waals surface area contributed by atoms with E-state index in [4.69, 9.17) is 4.74 Å². The van der Waals surface area contributed by atoms with Crippen LogP contribution in [0.5, 0.6) is 0 Å². The molecule has 0 fully saturated rings. The molecule has 0 amide bonds. The number of carbonyl (C=O) groups is 1. The van der Waals surface area contributed by atoms with Crippen LogP contribution in [0.3, 0.4) is 0 Å². The molecule has 0 spiro atoms. The van der Waals surface area contributed by atoms with Gasteiger partial charge in [0.2, 0.25) is 10.0 Å². The first-order valence-electron chi connectivity index (χ1n) is 10.1. The van der Waals surface area contributed by atoms with Gasteiger partial charge in [-0.1, -0.05) is 36.4 Å². The lowest BCUT2D eigenvalue weighted by Crippen LogP contribution is -2.36. The van der Waals surface area contributed by atoms with Crippen LogP contribution in [0.15, 0.2) is 77.8 Å². The maximum atomic E-state index is 13.5. The number of sulfonamides is 1. The molecule has 0 aliphatic heterocycles. The van der Waals surface area contributed by atoms with E-state index in [2.05, 4.69) is 15.0 Å². The zero-order valence-electron chi connectivity index (χ0n) is 17.4. The number of nitrogens with one attached hydrogen (secondary N) is 1. The lowest BCUT2D eigenvalue weighted by molar-refractivity contribution is -0.143. The fourth-order valence-corrected chi connectivity index (χ4v) is 4.66. The van der Waals surface area contributed by atoms with E-state index in [0.29, 0.717) is 22.6 Å². The van der Waals surface area contributed by atoms with E-state index in [-0.39, 0.29) is 18.0 Å². The Bertz CT molecular complexity index is 1320. The Balaban J connectivity index is 1.69. The molecule has 0 saturated heterocycles. The van der Waals surface area contributed by atoms with Gasteiger partial charge in [-0.3, -0.25) is 9.78 Å². The molecule has 2 heterocycles. The average Bonchev–Trinajstić information content (AvgIpc) is 3.24. The third-order valence-corrected chi connectivity index (χ3v) is 6.60. The predicted molar refractivity (Wildman–Crippen MR) is 120 cm³/mol. The highest BCUT2D eigenvalue weighted by Gasteiger charge is 2.28. The summed E-state index contributed by atoms with van der Waals surface area (Å²) in [7, 11) is -4.01. The van der Waals surface area contributed by atoms with Gasteiger partial charge in [-0.05, 0) is 37.3 Å². The van der Waals surface area contributed by atoms with E-state index in [0.717, 1.165) is 9.87 Å². The van der Waals surface area contributed by atoms with Crippen molar-refractivity contribution >= 4 is 27.0 Å². The molecule has 32 heavy (non-hydrogen) atoms. The molecule has 0 aliphatic rings. The van der Waals surface area contributed by atoms with Gasteiger partial charge < -0.3 is 9.72 Å². The largest absolute Gasteiger partial charge is 0.465 e. The van der Waals surface area contributed by atoms with Gasteiger partial charge in [0.1, 0.15) is 12.4 Å². The lowest BCUT2D eigenvalue weighted by Gasteiger charge is -2.21. The molecule has 4 rings (SSSR count). The molecule has 0 atom stereocenters. The Hall–Kier alpha value is -3.56. The predicted octanol–water partition coefficient (Wildman–Crippen LogP) is 3.38. The molecule has 164 valence electrons. The number of esters is 1. The molecule has 4 aromatic rings. The summed E-state index contributed by atoms with van der Waals surface area (Å²) in [5.74, 6) is 0.0213. The van der Waals surface area contributed by atoms with Crippen molar-refractivity contribution in [3.8, 4) is 11.4 Å². The zero-order chi connectivity index (χ0) is 22.6. The van der Waals surface area contributed by atoms with E-state index >= 15 is 0 Å². The minimum atomic E-state index is -4.01. The number of aromatic amines is 1. The molecule has 0 radical (unpaired) electrons. The third kappa shape index (κ3) is 4.68. The smallest absolute Gasteiger partial charge is 0.321 e. The Kier molecular flexibility index (Phi) is 6.29. The van der Waals surface area contributed by atoms with Crippen LogP contribution in [-0.2, 0) is 26.1 Å². The number of fused-ring (bicyclic) bond motifs is 1. The van der Waals surface area contributed by atoms with Crippen molar-refractivity contribution in [3.05, 3.63) is 78.6 Å². The highest BCUT2D eigenvalue weighted by Crippen LogP contribution is 2.25. The fourth-order valence-electron chi connectivity index (χ4n) is 3.28. The van der Waals surface area contributed by atoms with Crippen LogP contribution in [-0.4, -0.2) is 46.8 Å². The number of rotatable bonds is 8. The second-order valence-corrected chi connectivity index (χ2v) is 8.97. The maximum absolute atomic E-state index is 13.5. The van der Waals surface area contributed by atoms with Gasteiger partial charge in [-0.15, -0.1) is 0 Å². The Morgan fingerprint density at radius 1 is 1.06 bits per heavy atom. The van der Waals surface area contributed by atoms with E-state index in [1.165, 1.54) is 12.1 Å². The number of H-pyrrole nitrogens is 1. The first kappa shape index (κ1) is 21.7. The minimum absolute atomic E-state index is 0.0495. The van der Waals surface area contributed by atoms with E-state index < -0.39 is 22.5 Å². The summed E-state index contributed by atoms with van der Waals surface area (Å²) in [6, 6.07) is 19.4. The highest BCUT2D eigenvalue weighted by atomic mass is 32.2. The van der Waals surface area contributed by atoms with Crippen molar-refractivity contribution in [1.82, 2.24) is 19.3 Å². The van der Waals surface area contributed by atoms with Crippen molar-refractivity contribution in [2.75, 3.05) is 13.2 Å². The second kappa shape index (κ2) is 9.29. The van der Waals surface area contributed by atoms with Crippen molar-refractivity contribution in [2.24, 2.45) is 0 Å². The topological polar surface area (TPSA) is 105 Å². The third-order valence-electron chi connectivity index (χ3n) is 4.81. The maximum Gasteiger partial charge on any atom is 0.321 e. The van der Waals surface area contributed by atoms with Gasteiger partial charge in [-0.2, -0.15) is 4.31 Å².